The molecular weight excluding hydrogens is 616 g/mol. The fourth-order valence-corrected chi connectivity index (χ4v) is 6.52. The van der Waals surface area contributed by atoms with Crippen LogP contribution in [0.3, 0.4) is 0 Å². The molecule has 0 radical (unpaired) electrons. The first-order valence-corrected chi connectivity index (χ1v) is 16.3. The van der Waals surface area contributed by atoms with Crippen molar-refractivity contribution in [3.05, 3.63) is 54.6 Å². The molecule has 3 aromatic heterocycles. The van der Waals surface area contributed by atoms with E-state index in [0.29, 0.717) is 24.8 Å². The van der Waals surface area contributed by atoms with Crippen LogP contribution in [0.4, 0.5) is 14.5 Å². The summed E-state index contributed by atoms with van der Waals surface area (Å²) in [7, 11) is 1.85. The van der Waals surface area contributed by atoms with Gasteiger partial charge in [0.2, 0.25) is 5.91 Å². The average Bonchev–Trinajstić information content (AvgIpc) is 3.68. The van der Waals surface area contributed by atoms with Gasteiger partial charge >= 0.3 is 6.61 Å². The number of hydrogen-bond donors (Lipinski definition) is 1. The number of benzene rings is 1. The van der Waals surface area contributed by atoms with Crippen LogP contribution in [0.15, 0.2) is 58.9 Å². The Bertz CT molecular complexity index is 1750. The number of halogens is 2. The van der Waals surface area contributed by atoms with Crippen LogP contribution in [0.1, 0.15) is 36.0 Å². The van der Waals surface area contributed by atoms with Crippen LogP contribution in [-0.2, 0) is 11.3 Å². The molecule has 46 heavy (non-hydrogen) atoms. The van der Waals surface area contributed by atoms with Gasteiger partial charge in [-0.1, -0.05) is 0 Å². The molecule has 0 atom stereocenters. The number of carbonyl (C=O) groups excluding carboxylic acids is 2. The van der Waals surface area contributed by atoms with Crippen molar-refractivity contribution in [2.45, 2.75) is 49.8 Å². The Morgan fingerprint density at radius 2 is 2.04 bits per heavy atom. The highest BCUT2D eigenvalue weighted by atomic mass is 32.2. The van der Waals surface area contributed by atoms with Gasteiger partial charge in [0.15, 0.2) is 5.65 Å². The molecular formula is C31H35F2N9O3S. The quantitative estimate of drug-likeness (QED) is 0.266. The van der Waals surface area contributed by atoms with Crippen molar-refractivity contribution in [1.82, 2.24) is 34.2 Å². The minimum Gasteiger partial charge on any atom is -0.434 e. The molecule has 6 rings (SSSR count). The molecule has 2 aliphatic rings. The Morgan fingerprint density at radius 3 is 2.80 bits per heavy atom. The van der Waals surface area contributed by atoms with Crippen molar-refractivity contribution in [1.29, 1.82) is 0 Å². The number of rotatable bonds is 9. The fourth-order valence-electron chi connectivity index (χ4n) is 6.08. The molecule has 15 heteroatoms. The lowest BCUT2D eigenvalue weighted by atomic mass is 9.99. The van der Waals surface area contributed by atoms with Gasteiger partial charge in [-0.2, -0.15) is 19.0 Å². The highest BCUT2D eigenvalue weighted by molar-refractivity contribution is 7.98. The maximum atomic E-state index is 13.5. The summed E-state index contributed by atoms with van der Waals surface area (Å²) in [5.74, 6) is -0.739. The molecule has 2 fully saturated rings. The van der Waals surface area contributed by atoms with E-state index in [1.807, 2.05) is 18.2 Å². The van der Waals surface area contributed by atoms with Crippen molar-refractivity contribution in [2.24, 2.45) is 4.99 Å². The molecule has 1 aromatic carbocycles. The number of fused-ring (bicyclic) bond motifs is 1. The van der Waals surface area contributed by atoms with Gasteiger partial charge < -0.3 is 15.0 Å². The summed E-state index contributed by atoms with van der Waals surface area (Å²) >= 11 is 1.42. The van der Waals surface area contributed by atoms with Gasteiger partial charge in [-0.05, 0) is 62.7 Å². The summed E-state index contributed by atoms with van der Waals surface area (Å²) in [4.78, 5) is 40.7. The van der Waals surface area contributed by atoms with Gasteiger partial charge in [0.25, 0.3) is 5.91 Å². The Kier molecular flexibility index (Phi) is 9.59. The zero-order valence-corrected chi connectivity index (χ0v) is 26.4. The molecule has 5 heterocycles. The number of amides is 2. The minimum atomic E-state index is -3.07. The summed E-state index contributed by atoms with van der Waals surface area (Å²) in [6.45, 7) is 0.0253. The number of anilines is 1. The Hall–Kier alpha value is -4.37. The van der Waals surface area contributed by atoms with Gasteiger partial charge in [0.05, 0.1) is 11.9 Å². The molecule has 0 bridgehead atoms. The van der Waals surface area contributed by atoms with Gasteiger partial charge in [-0.15, -0.1) is 11.8 Å². The molecule has 4 aromatic rings. The Balaban J connectivity index is 1.24. The van der Waals surface area contributed by atoms with E-state index < -0.39 is 12.5 Å². The third-order valence-electron chi connectivity index (χ3n) is 8.44. The van der Waals surface area contributed by atoms with E-state index in [0.717, 1.165) is 43.7 Å². The monoisotopic (exact) mass is 651 g/mol. The zero-order chi connectivity index (χ0) is 32.2. The topological polar surface area (TPSA) is 122 Å². The number of thioether (sulfide) groups is 1. The number of likely N-dealkylation sites (tertiary alicyclic amines) is 2. The van der Waals surface area contributed by atoms with Crippen LogP contribution < -0.4 is 10.1 Å². The maximum absolute atomic E-state index is 13.5. The Morgan fingerprint density at radius 1 is 1.22 bits per heavy atom. The normalized spacial score (nSPS) is 17.2. The standard InChI is InChI=1S/C31H35F2N9O3S/c1-34-20-5-3-11-40(17-20)21-8-13-39(14-9-21)27(43)19-41-18-25(37-30(44)24-16-36-42-12-4-10-35-29(24)42)28(38-41)23-15-22(46-2)6-7-26(23)45-31(32)33/h4,6-7,10,12,15-16,18,21,31H,3,5,8-9,11,13-14,17,19H2,1-2H3,(H,37,44)/b34-20-. The van der Waals surface area contributed by atoms with Crippen LogP contribution in [0.5, 0.6) is 5.75 Å². The smallest absolute Gasteiger partial charge is 0.387 e. The number of aliphatic imine (C=N–C) groups is 1. The first-order chi connectivity index (χ1) is 22.3. The number of carbonyl (C=O) groups is 2. The predicted molar refractivity (Wildman–Crippen MR) is 171 cm³/mol. The van der Waals surface area contributed by atoms with Crippen LogP contribution in [0.2, 0.25) is 0 Å². The number of aromatic nitrogens is 5. The number of ether oxygens (including phenoxy) is 1. The third kappa shape index (κ3) is 6.89. The van der Waals surface area contributed by atoms with Gasteiger partial charge in [-0.25, -0.2) is 9.50 Å². The van der Waals surface area contributed by atoms with Crippen LogP contribution >= 0.6 is 11.8 Å². The predicted octanol–water partition coefficient (Wildman–Crippen LogP) is 4.33. The van der Waals surface area contributed by atoms with E-state index in [9.17, 15) is 18.4 Å². The number of nitrogens with one attached hydrogen (secondary N) is 1. The first-order valence-electron chi connectivity index (χ1n) is 15.1. The van der Waals surface area contributed by atoms with E-state index >= 15 is 0 Å². The largest absolute Gasteiger partial charge is 0.434 e. The molecule has 0 spiro atoms. The van der Waals surface area contributed by atoms with Gasteiger partial charge in [-0.3, -0.25) is 24.2 Å². The van der Waals surface area contributed by atoms with Crippen molar-refractivity contribution in [3.8, 4) is 17.0 Å². The second-order valence-corrected chi connectivity index (χ2v) is 12.1. The summed E-state index contributed by atoms with van der Waals surface area (Å²) < 4.78 is 34.6. The number of piperidine rings is 2. The van der Waals surface area contributed by atoms with E-state index in [1.165, 1.54) is 45.1 Å². The number of nitrogens with zero attached hydrogens (tertiary/aromatic N) is 8. The maximum Gasteiger partial charge on any atom is 0.387 e. The number of hydrogen-bond acceptors (Lipinski definition) is 9. The molecule has 2 saturated heterocycles. The SMILES string of the molecule is C/N=C1/CCCN(C2CCN(C(=O)Cn3cc(NC(=O)c4cnn5cccnc45)c(-c4cc(SC)ccc4OC(F)F)n3)CC2)C1. The first kappa shape index (κ1) is 31.6. The van der Waals surface area contributed by atoms with Crippen molar-refractivity contribution < 1.29 is 23.1 Å². The molecule has 2 amide bonds. The van der Waals surface area contributed by atoms with E-state index in [2.05, 4.69) is 30.4 Å². The molecule has 0 saturated carbocycles. The molecule has 0 unspecified atom stereocenters. The zero-order valence-electron chi connectivity index (χ0n) is 25.6. The van der Waals surface area contributed by atoms with Crippen LogP contribution in [0.25, 0.3) is 16.9 Å². The van der Waals surface area contributed by atoms with Crippen molar-refractivity contribution in [3.63, 3.8) is 0 Å². The highest BCUT2D eigenvalue weighted by Gasteiger charge is 2.30. The van der Waals surface area contributed by atoms with E-state index in [1.54, 1.807) is 30.6 Å². The summed E-state index contributed by atoms with van der Waals surface area (Å²) in [5, 5.41) is 11.6. The summed E-state index contributed by atoms with van der Waals surface area (Å²) in [5.41, 5.74) is 2.46. The third-order valence-corrected chi connectivity index (χ3v) is 9.16. The summed E-state index contributed by atoms with van der Waals surface area (Å²) in [6, 6.07) is 6.88. The van der Waals surface area contributed by atoms with Crippen molar-refractivity contribution >= 4 is 40.6 Å². The molecule has 1 N–H and O–H groups in total. The second kappa shape index (κ2) is 14.0. The molecule has 242 valence electrons. The summed E-state index contributed by atoms with van der Waals surface area (Å²) in [6.07, 6.45) is 11.9. The average molecular weight is 652 g/mol. The van der Waals surface area contributed by atoms with Gasteiger partial charge in [0, 0.05) is 67.5 Å². The van der Waals surface area contributed by atoms with Crippen LogP contribution in [-0.4, -0.2) is 104 Å². The van der Waals surface area contributed by atoms with Crippen molar-refractivity contribution in [2.75, 3.05) is 44.8 Å². The molecule has 12 nitrogen and oxygen atoms in total. The molecule has 2 aliphatic heterocycles. The van der Waals surface area contributed by atoms with E-state index in [4.69, 9.17) is 4.74 Å². The lowest BCUT2D eigenvalue weighted by Crippen LogP contribution is -2.50. The Labute approximate surface area is 268 Å². The van der Waals surface area contributed by atoms with E-state index in [-0.39, 0.29) is 40.7 Å². The minimum absolute atomic E-state index is 0.0879. The number of alkyl halides is 2. The molecule has 0 aliphatic carbocycles. The van der Waals surface area contributed by atoms with Gasteiger partial charge in [0.1, 0.15) is 23.6 Å². The lowest BCUT2D eigenvalue weighted by molar-refractivity contribution is -0.133. The second-order valence-electron chi connectivity index (χ2n) is 11.2. The van der Waals surface area contributed by atoms with Crippen LogP contribution in [0, 0.1) is 0 Å². The highest BCUT2D eigenvalue weighted by Crippen LogP contribution is 2.38. The fraction of sp³-hybridized carbons (Fsp3) is 0.419. The lowest BCUT2D eigenvalue weighted by Gasteiger charge is -2.40.